The maximum Gasteiger partial charge on any atom is 0.276 e. The van der Waals surface area contributed by atoms with E-state index in [1.54, 1.807) is 31.0 Å². The van der Waals surface area contributed by atoms with Crippen LogP contribution >= 0.6 is 0 Å². The molecule has 8 heteroatoms. The van der Waals surface area contributed by atoms with Gasteiger partial charge in [0.15, 0.2) is 5.69 Å². The lowest BCUT2D eigenvalue weighted by Crippen LogP contribution is -2.30. The van der Waals surface area contributed by atoms with E-state index in [1.807, 2.05) is 37.3 Å². The van der Waals surface area contributed by atoms with Gasteiger partial charge in [0, 0.05) is 19.2 Å². The quantitative estimate of drug-likeness (QED) is 0.511. The maximum absolute atomic E-state index is 12.9. The molecule has 0 aliphatic rings. The molecule has 3 aromatic rings. The number of non-ortho nitro benzene ring substituents is 1. The minimum absolute atomic E-state index is 0.0508. The summed E-state index contributed by atoms with van der Waals surface area (Å²) in [5.41, 5.74) is 2.17. The smallest absolute Gasteiger partial charge is 0.276 e. The molecule has 0 aliphatic carbocycles. The Kier molecular flexibility index (Phi) is 4.98. The first kappa shape index (κ1) is 18.2. The van der Waals surface area contributed by atoms with Crippen LogP contribution in [0.3, 0.4) is 0 Å². The number of hydrogen-bond donors (Lipinski definition) is 0. The number of hydrogen-bond acceptors (Lipinski definition) is 5. The van der Waals surface area contributed by atoms with E-state index >= 15 is 0 Å². The number of amides is 1. The number of nitrogens with zero attached hydrogens (tertiary/aromatic N) is 5. The predicted molar refractivity (Wildman–Crippen MR) is 99.7 cm³/mol. The van der Waals surface area contributed by atoms with E-state index in [0.717, 1.165) is 5.56 Å². The summed E-state index contributed by atoms with van der Waals surface area (Å²) in [4.78, 5) is 25.0. The van der Waals surface area contributed by atoms with Crippen LogP contribution in [0.4, 0.5) is 5.69 Å². The van der Waals surface area contributed by atoms with Crippen LogP contribution in [0.15, 0.2) is 54.6 Å². The molecule has 2 aromatic carbocycles. The molecule has 1 amide bonds. The van der Waals surface area contributed by atoms with E-state index in [2.05, 4.69) is 10.3 Å². The zero-order chi connectivity index (χ0) is 19.6. The van der Waals surface area contributed by atoms with E-state index in [9.17, 15) is 14.9 Å². The van der Waals surface area contributed by atoms with Crippen LogP contribution in [0, 0.1) is 17.0 Å². The summed E-state index contributed by atoms with van der Waals surface area (Å²) in [6, 6.07) is 15.6. The Balaban J connectivity index is 1.89. The van der Waals surface area contributed by atoms with Crippen molar-refractivity contribution in [3.63, 3.8) is 0 Å². The molecule has 0 fully saturated rings. The lowest BCUT2D eigenvalue weighted by atomic mass is 10.1. The van der Waals surface area contributed by atoms with Crippen LogP contribution < -0.4 is 0 Å². The molecule has 1 heterocycles. The van der Waals surface area contributed by atoms with Gasteiger partial charge in [-0.05, 0) is 25.5 Å². The van der Waals surface area contributed by atoms with E-state index in [-0.39, 0.29) is 23.3 Å². The van der Waals surface area contributed by atoms with Gasteiger partial charge in [0.2, 0.25) is 0 Å². The lowest BCUT2D eigenvalue weighted by molar-refractivity contribution is -0.384. The lowest BCUT2D eigenvalue weighted by Gasteiger charge is -2.24. The van der Waals surface area contributed by atoms with Crippen molar-refractivity contribution in [3.8, 4) is 5.69 Å². The minimum atomic E-state index is -0.475. The Morgan fingerprint density at radius 1 is 1.19 bits per heavy atom. The Morgan fingerprint density at radius 2 is 1.89 bits per heavy atom. The van der Waals surface area contributed by atoms with Crippen molar-refractivity contribution < 1.29 is 9.72 Å². The average Bonchev–Trinajstić information content (AvgIpc) is 3.08. The van der Waals surface area contributed by atoms with Gasteiger partial charge in [-0.15, -0.1) is 5.10 Å². The van der Waals surface area contributed by atoms with Gasteiger partial charge in [-0.25, -0.2) is 4.68 Å². The normalized spacial score (nSPS) is 11.8. The maximum atomic E-state index is 12.9. The third kappa shape index (κ3) is 3.55. The molecule has 8 nitrogen and oxygen atoms in total. The number of carbonyl (C=O) groups excluding carboxylic acids is 1. The van der Waals surface area contributed by atoms with Gasteiger partial charge in [-0.2, -0.15) is 0 Å². The van der Waals surface area contributed by atoms with Crippen LogP contribution in [0.5, 0.6) is 0 Å². The van der Waals surface area contributed by atoms with Gasteiger partial charge in [0.25, 0.3) is 11.6 Å². The molecule has 1 atom stereocenters. The van der Waals surface area contributed by atoms with Crippen molar-refractivity contribution in [2.75, 3.05) is 7.05 Å². The number of nitro groups is 1. The van der Waals surface area contributed by atoms with Gasteiger partial charge in [0.05, 0.1) is 22.3 Å². The highest BCUT2D eigenvalue weighted by molar-refractivity contribution is 5.93. The molecule has 1 unspecified atom stereocenters. The average molecular weight is 365 g/mol. The summed E-state index contributed by atoms with van der Waals surface area (Å²) in [6.45, 7) is 3.65. The van der Waals surface area contributed by atoms with Gasteiger partial charge >= 0.3 is 0 Å². The molecular weight excluding hydrogens is 346 g/mol. The first-order valence-electron chi connectivity index (χ1n) is 8.39. The number of aromatic nitrogens is 3. The van der Waals surface area contributed by atoms with Gasteiger partial charge in [-0.3, -0.25) is 14.9 Å². The summed E-state index contributed by atoms with van der Waals surface area (Å²) in [7, 11) is 1.71. The van der Waals surface area contributed by atoms with Crippen molar-refractivity contribution >= 4 is 11.6 Å². The zero-order valence-corrected chi connectivity index (χ0v) is 15.2. The summed E-state index contributed by atoms with van der Waals surface area (Å²) < 4.78 is 1.43. The summed E-state index contributed by atoms with van der Waals surface area (Å²) >= 11 is 0. The van der Waals surface area contributed by atoms with Crippen molar-refractivity contribution in [1.82, 2.24) is 19.9 Å². The predicted octanol–water partition coefficient (Wildman–Crippen LogP) is 3.32. The van der Waals surface area contributed by atoms with E-state index in [0.29, 0.717) is 11.4 Å². The van der Waals surface area contributed by atoms with E-state index in [4.69, 9.17) is 0 Å². The summed E-state index contributed by atoms with van der Waals surface area (Å²) in [5, 5.41) is 19.0. The van der Waals surface area contributed by atoms with Gasteiger partial charge in [-0.1, -0.05) is 41.6 Å². The van der Waals surface area contributed by atoms with Crippen LogP contribution in [0.2, 0.25) is 0 Å². The molecule has 3 rings (SSSR count). The molecule has 0 aliphatic heterocycles. The SMILES string of the molecule is Cc1c(C(=O)N(C)C(C)c2ccccc2)nnn1-c1cccc([N+](=O)[O-])c1. The highest BCUT2D eigenvalue weighted by atomic mass is 16.6. The zero-order valence-electron chi connectivity index (χ0n) is 15.2. The minimum Gasteiger partial charge on any atom is -0.333 e. The molecule has 1 aromatic heterocycles. The summed E-state index contributed by atoms with van der Waals surface area (Å²) in [5.74, 6) is -0.263. The third-order valence-electron chi connectivity index (χ3n) is 4.57. The van der Waals surface area contributed by atoms with Crippen molar-refractivity contribution in [3.05, 3.63) is 81.7 Å². The topological polar surface area (TPSA) is 94.2 Å². The fraction of sp³-hybridized carbons (Fsp3) is 0.211. The first-order chi connectivity index (χ1) is 12.9. The second-order valence-electron chi connectivity index (χ2n) is 6.21. The fourth-order valence-corrected chi connectivity index (χ4v) is 2.81. The molecule has 138 valence electrons. The number of benzene rings is 2. The Labute approximate surface area is 156 Å². The van der Waals surface area contributed by atoms with Gasteiger partial charge in [0.1, 0.15) is 0 Å². The van der Waals surface area contributed by atoms with Crippen molar-refractivity contribution in [2.24, 2.45) is 0 Å². The largest absolute Gasteiger partial charge is 0.333 e. The molecule has 0 saturated carbocycles. The van der Waals surface area contributed by atoms with Crippen molar-refractivity contribution in [2.45, 2.75) is 19.9 Å². The molecule has 0 bridgehead atoms. The van der Waals surface area contributed by atoms with E-state index in [1.165, 1.54) is 16.8 Å². The Hall–Kier alpha value is -3.55. The third-order valence-corrected chi connectivity index (χ3v) is 4.57. The number of carbonyl (C=O) groups is 1. The van der Waals surface area contributed by atoms with Crippen LogP contribution in [0.1, 0.15) is 34.7 Å². The van der Waals surface area contributed by atoms with Crippen LogP contribution in [0.25, 0.3) is 5.69 Å². The van der Waals surface area contributed by atoms with Gasteiger partial charge < -0.3 is 4.90 Å². The first-order valence-corrected chi connectivity index (χ1v) is 8.39. The standard InChI is InChI=1S/C19H19N5O3/c1-13(15-8-5-4-6-9-15)22(3)19(25)18-14(2)23(21-20-18)16-10-7-11-17(12-16)24(26)27/h4-13H,1-3H3. The second-order valence-corrected chi connectivity index (χ2v) is 6.21. The molecule has 0 N–H and O–H groups in total. The highest BCUT2D eigenvalue weighted by Gasteiger charge is 2.25. The molecule has 27 heavy (non-hydrogen) atoms. The Bertz CT molecular complexity index is 984. The van der Waals surface area contributed by atoms with Crippen molar-refractivity contribution in [1.29, 1.82) is 0 Å². The molecular formula is C19H19N5O3. The van der Waals surface area contributed by atoms with Crippen LogP contribution in [-0.4, -0.2) is 37.8 Å². The molecule has 0 radical (unpaired) electrons. The number of nitro benzene ring substituents is 1. The Morgan fingerprint density at radius 3 is 2.56 bits per heavy atom. The summed E-state index contributed by atoms with van der Waals surface area (Å²) in [6.07, 6.45) is 0. The monoisotopic (exact) mass is 365 g/mol. The highest BCUT2D eigenvalue weighted by Crippen LogP contribution is 2.22. The number of rotatable bonds is 5. The van der Waals surface area contributed by atoms with E-state index < -0.39 is 4.92 Å². The second kappa shape index (κ2) is 7.36. The molecule has 0 spiro atoms. The van der Waals surface area contributed by atoms with Crippen LogP contribution in [-0.2, 0) is 0 Å². The molecule has 0 saturated heterocycles. The fourth-order valence-electron chi connectivity index (χ4n) is 2.81.